The molecule has 134 valence electrons. The number of carbonyl (C=O) groups is 1. The third-order valence-electron chi connectivity index (χ3n) is 4.67. The van der Waals surface area contributed by atoms with Crippen LogP contribution in [0.3, 0.4) is 0 Å². The average molecular weight is 350 g/mol. The van der Waals surface area contributed by atoms with Crippen LogP contribution < -0.4 is 5.32 Å². The van der Waals surface area contributed by atoms with Gasteiger partial charge in [0.15, 0.2) is 0 Å². The Bertz CT molecular complexity index is 892. The SMILES string of the molecule is CC(C(=O)NCc1ccc(F)cc1)N(C)Cc1ccc2ccccc2c1. The van der Waals surface area contributed by atoms with Crippen LogP contribution in [0.1, 0.15) is 18.1 Å². The van der Waals surface area contributed by atoms with Crippen LogP contribution in [0.5, 0.6) is 0 Å². The summed E-state index contributed by atoms with van der Waals surface area (Å²) in [5.41, 5.74) is 2.05. The molecule has 1 unspecified atom stereocenters. The minimum absolute atomic E-state index is 0.0439. The van der Waals surface area contributed by atoms with Crippen LogP contribution in [0, 0.1) is 5.82 Å². The zero-order valence-corrected chi connectivity index (χ0v) is 15.1. The second-order valence-corrected chi connectivity index (χ2v) is 6.62. The predicted molar refractivity (Wildman–Crippen MR) is 103 cm³/mol. The highest BCUT2D eigenvalue weighted by atomic mass is 19.1. The van der Waals surface area contributed by atoms with Crippen molar-refractivity contribution < 1.29 is 9.18 Å². The molecule has 1 amide bonds. The number of likely N-dealkylation sites (N-methyl/N-ethyl adjacent to an activating group) is 1. The second kappa shape index (κ2) is 8.11. The molecular formula is C22H23FN2O. The van der Waals surface area contributed by atoms with E-state index in [2.05, 4.69) is 35.6 Å². The van der Waals surface area contributed by atoms with Gasteiger partial charge in [-0.25, -0.2) is 4.39 Å². The van der Waals surface area contributed by atoms with Crippen molar-refractivity contribution in [3.05, 3.63) is 83.7 Å². The molecule has 0 aliphatic heterocycles. The summed E-state index contributed by atoms with van der Waals surface area (Å²) >= 11 is 0. The van der Waals surface area contributed by atoms with E-state index in [9.17, 15) is 9.18 Å². The average Bonchev–Trinajstić information content (AvgIpc) is 2.66. The maximum absolute atomic E-state index is 12.9. The van der Waals surface area contributed by atoms with Gasteiger partial charge in [-0.15, -0.1) is 0 Å². The third-order valence-corrected chi connectivity index (χ3v) is 4.67. The van der Waals surface area contributed by atoms with Crippen LogP contribution in [-0.4, -0.2) is 23.9 Å². The standard InChI is InChI=1S/C22H23FN2O/c1-16(22(26)24-14-17-8-11-21(23)12-9-17)25(2)15-18-7-10-19-5-3-4-6-20(19)13-18/h3-13,16H,14-15H2,1-2H3,(H,24,26). The van der Waals surface area contributed by atoms with Crippen molar-refractivity contribution in [1.29, 1.82) is 0 Å². The normalized spacial score (nSPS) is 12.3. The largest absolute Gasteiger partial charge is 0.351 e. The van der Waals surface area contributed by atoms with Gasteiger partial charge >= 0.3 is 0 Å². The van der Waals surface area contributed by atoms with Crippen LogP contribution in [-0.2, 0) is 17.9 Å². The Morgan fingerprint density at radius 1 is 1.00 bits per heavy atom. The number of fused-ring (bicyclic) bond motifs is 1. The van der Waals surface area contributed by atoms with Crippen molar-refractivity contribution in [3.63, 3.8) is 0 Å². The Morgan fingerprint density at radius 3 is 2.38 bits per heavy atom. The van der Waals surface area contributed by atoms with Gasteiger partial charge in [0.05, 0.1) is 6.04 Å². The first-order valence-corrected chi connectivity index (χ1v) is 8.73. The van der Waals surface area contributed by atoms with Crippen molar-refractivity contribution in [3.8, 4) is 0 Å². The molecule has 0 saturated carbocycles. The zero-order valence-electron chi connectivity index (χ0n) is 15.1. The summed E-state index contributed by atoms with van der Waals surface area (Å²) in [7, 11) is 1.94. The zero-order chi connectivity index (χ0) is 18.5. The monoisotopic (exact) mass is 350 g/mol. The predicted octanol–water partition coefficient (Wildman–Crippen LogP) is 4.12. The van der Waals surface area contributed by atoms with Gasteiger partial charge in [-0.1, -0.05) is 48.5 Å². The number of hydrogen-bond acceptors (Lipinski definition) is 2. The number of benzene rings is 3. The van der Waals surface area contributed by atoms with Gasteiger partial charge in [0.2, 0.25) is 5.91 Å². The highest BCUT2D eigenvalue weighted by molar-refractivity contribution is 5.83. The minimum atomic E-state index is -0.274. The van der Waals surface area contributed by atoms with E-state index < -0.39 is 0 Å². The van der Waals surface area contributed by atoms with Crippen LogP contribution >= 0.6 is 0 Å². The van der Waals surface area contributed by atoms with Gasteiger partial charge in [-0.05, 0) is 54.1 Å². The van der Waals surface area contributed by atoms with Crippen molar-refractivity contribution >= 4 is 16.7 Å². The van der Waals surface area contributed by atoms with Gasteiger partial charge in [0.1, 0.15) is 5.82 Å². The number of nitrogens with zero attached hydrogens (tertiary/aromatic N) is 1. The second-order valence-electron chi connectivity index (χ2n) is 6.62. The Hall–Kier alpha value is -2.72. The molecule has 1 atom stereocenters. The molecule has 26 heavy (non-hydrogen) atoms. The first kappa shape index (κ1) is 18.1. The Balaban J connectivity index is 1.57. The van der Waals surface area contributed by atoms with Crippen molar-refractivity contribution in [2.45, 2.75) is 26.1 Å². The van der Waals surface area contributed by atoms with Gasteiger partial charge in [-0.3, -0.25) is 9.69 Å². The molecule has 0 fully saturated rings. The van der Waals surface area contributed by atoms with E-state index in [1.165, 1.54) is 28.5 Å². The van der Waals surface area contributed by atoms with E-state index in [1.807, 2.05) is 31.0 Å². The van der Waals surface area contributed by atoms with Crippen molar-refractivity contribution in [2.24, 2.45) is 0 Å². The molecule has 0 spiro atoms. The number of nitrogens with one attached hydrogen (secondary N) is 1. The van der Waals surface area contributed by atoms with Crippen LogP contribution in [0.2, 0.25) is 0 Å². The fraction of sp³-hybridized carbons (Fsp3) is 0.227. The van der Waals surface area contributed by atoms with Gasteiger partial charge in [0.25, 0.3) is 0 Å². The molecule has 0 aromatic heterocycles. The van der Waals surface area contributed by atoms with E-state index in [0.717, 1.165) is 5.56 Å². The molecule has 1 N–H and O–H groups in total. The minimum Gasteiger partial charge on any atom is -0.351 e. The smallest absolute Gasteiger partial charge is 0.237 e. The lowest BCUT2D eigenvalue weighted by atomic mass is 10.1. The Labute approximate surface area is 153 Å². The maximum Gasteiger partial charge on any atom is 0.237 e. The highest BCUT2D eigenvalue weighted by Gasteiger charge is 2.18. The first-order chi connectivity index (χ1) is 12.5. The molecule has 0 aliphatic carbocycles. The van der Waals surface area contributed by atoms with Crippen molar-refractivity contribution in [2.75, 3.05) is 7.05 Å². The first-order valence-electron chi connectivity index (χ1n) is 8.73. The number of rotatable bonds is 6. The number of carbonyl (C=O) groups excluding carboxylic acids is 1. The van der Waals surface area contributed by atoms with Gasteiger partial charge in [-0.2, -0.15) is 0 Å². The van der Waals surface area contributed by atoms with Crippen LogP contribution in [0.25, 0.3) is 10.8 Å². The quantitative estimate of drug-likeness (QED) is 0.725. The molecule has 3 nitrogen and oxygen atoms in total. The van der Waals surface area contributed by atoms with E-state index >= 15 is 0 Å². The summed E-state index contributed by atoms with van der Waals surface area (Å²) in [6.07, 6.45) is 0. The summed E-state index contributed by atoms with van der Waals surface area (Å²) in [6.45, 7) is 2.98. The maximum atomic E-state index is 12.9. The molecular weight excluding hydrogens is 327 g/mol. The van der Waals surface area contributed by atoms with E-state index in [4.69, 9.17) is 0 Å². The Morgan fingerprint density at radius 2 is 1.65 bits per heavy atom. The van der Waals surface area contributed by atoms with Gasteiger partial charge in [0, 0.05) is 13.1 Å². The molecule has 0 heterocycles. The topological polar surface area (TPSA) is 32.3 Å². The molecule has 3 aromatic carbocycles. The summed E-state index contributed by atoms with van der Waals surface area (Å²) in [6, 6.07) is 20.5. The summed E-state index contributed by atoms with van der Waals surface area (Å²) < 4.78 is 12.9. The van der Waals surface area contributed by atoms with Crippen LogP contribution in [0.15, 0.2) is 66.7 Å². The fourth-order valence-electron chi connectivity index (χ4n) is 2.90. The summed E-state index contributed by atoms with van der Waals surface area (Å²) in [5.74, 6) is -0.318. The van der Waals surface area contributed by atoms with Crippen molar-refractivity contribution in [1.82, 2.24) is 10.2 Å². The van der Waals surface area contributed by atoms with Gasteiger partial charge < -0.3 is 5.32 Å². The lowest BCUT2D eigenvalue weighted by Gasteiger charge is -2.24. The molecule has 0 aliphatic rings. The molecule has 3 aromatic rings. The number of halogens is 1. The van der Waals surface area contributed by atoms with Crippen LogP contribution in [0.4, 0.5) is 4.39 Å². The number of hydrogen-bond donors (Lipinski definition) is 1. The third kappa shape index (κ3) is 4.46. The number of amides is 1. The highest BCUT2D eigenvalue weighted by Crippen LogP contribution is 2.17. The lowest BCUT2D eigenvalue weighted by molar-refractivity contribution is -0.125. The summed E-state index contributed by atoms with van der Waals surface area (Å²) in [4.78, 5) is 14.4. The Kier molecular flexibility index (Phi) is 5.64. The molecule has 4 heteroatoms. The summed E-state index contributed by atoms with van der Waals surface area (Å²) in [5, 5.41) is 5.32. The van der Waals surface area contributed by atoms with E-state index in [0.29, 0.717) is 13.1 Å². The molecule has 0 radical (unpaired) electrons. The van der Waals surface area contributed by atoms with E-state index in [1.54, 1.807) is 12.1 Å². The molecule has 0 bridgehead atoms. The fourth-order valence-corrected chi connectivity index (χ4v) is 2.90. The molecule has 0 saturated heterocycles. The lowest BCUT2D eigenvalue weighted by Crippen LogP contribution is -2.42. The van der Waals surface area contributed by atoms with E-state index in [-0.39, 0.29) is 17.8 Å². The molecule has 3 rings (SSSR count).